The maximum atomic E-state index is 11.5. The van der Waals surface area contributed by atoms with Crippen LogP contribution in [0.3, 0.4) is 0 Å². The predicted octanol–water partition coefficient (Wildman–Crippen LogP) is 0.967. The smallest absolute Gasteiger partial charge is 0.403 e. The van der Waals surface area contributed by atoms with Gasteiger partial charge in [0.15, 0.2) is 0 Å². The number of allylic oxidation sites excluding steroid dienone is 1. The molecule has 5 heteroatoms. The molecule has 1 aliphatic heterocycles. The molecule has 1 N–H and O–H groups in total. The Hall–Kier alpha value is -0.710. The van der Waals surface area contributed by atoms with Crippen molar-refractivity contribution in [3.05, 3.63) is 11.8 Å². The fraction of sp³-hybridized carbons (Fsp3) is 0.500. The maximum absolute atomic E-state index is 11.5. The molecule has 0 aliphatic carbocycles. The minimum Gasteiger partial charge on any atom is -0.403 e. The molecule has 1 rings (SSSR count). The monoisotopic (exact) mass is 139 g/mol. The van der Waals surface area contributed by atoms with Gasteiger partial charge in [0, 0.05) is 0 Å². The second kappa shape index (κ2) is 1.91. The number of halogens is 3. The Labute approximate surface area is 49.3 Å². The van der Waals surface area contributed by atoms with Crippen LogP contribution >= 0.6 is 0 Å². The van der Waals surface area contributed by atoms with Crippen LogP contribution in [0.25, 0.3) is 0 Å². The largest absolute Gasteiger partial charge is 0.451 e. The summed E-state index contributed by atoms with van der Waals surface area (Å²) in [6, 6.07) is 0. The molecule has 0 aromatic rings. The standard InChI is InChI=1S/C4H4F3NO/c5-4(6,7)3-1-2-8-9-3/h1,8H,2H2. The zero-order valence-electron chi connectivity index (χ0n) is 4.33. The van der Waals surface area contributed by atoms with E-state index >= 15 is 0 Å². The molecule has 1 heterocycles. The van der Waals surface area contributed by atoms with Gasteiger partial charge in [-0.3, -0.25) is 0 Å². The molecule has 0 spiro atoms. The number of alkyl halides is 3. The number of hydroxylamine groups is 1. The average Bonchev–Trinajstić information content (AvgIpc) is 2.08. The lowest BCUT2D eigenvalue weighted by Gasteiger charge is -2.04. The summed E-state index contributed by atoms with van der Waals surface area (Å²) in [5.74, 6) is -0.956. The molecule has 0 fully saturated rings. The van der Waals surface area contributed by atoms with Crippen molar-refractivity contribution < 1.29 is 18.0 Å². The van der Waals surface area contributed by atoms with Crippen LogP contribution in [0, 0.1) is 0 Å². The Morgan fingerprint density at radius 2 is 2.22 bits per heavy atom. The van der Waals surface area contributed by atoms with Crippen molar-refractivity contribution in [3.63, 3.8) is 0 Å². The lowest BCUT2D eigenvalue weighted by Crippen LogP contribution is -2.15. The van der Waals surface area contributed by atoms with E-state index in [2.05, 4.69) is 10.3 Å². The fourth-order valence-electron chi connectivity index (χ4n) is 0.469. The third-order valence-electron chi connectivity index (χ3n) is 0.832. The van der Waals surface area contributed by atoms with E-state index < -0.39 is 11.9 Å². The zero-order chi connectivity index (χ0) is 6.91. The van der Waals surface area contributed by atoms with Crippen molar-refractivity contribution >= 4 is 0 Å². The van der Waals surface area contributed by atoms with Gasteiger partial charge in [-0.2, -0.15) is 18.7 Å². The van der Waals surface area contributed by atoms with Crippen molar-refractivity contribution in [2.45, 2.75) is 6.18 Å². The number of nitrogens with one attached hydrogen (secondary N) is 1. The van der Waals surface area contributed by atoms with Gasteiger partial charge in [-0.05, 0) is 6.08 Å². The Kier molecular flexibility index (Phi) is 1.36. The van der Waals surface area contributed by atoms with Crippen LogP contribution in [-0.2, 0) is 4.84 Å². The molecule has 0 radical (unpaired) electrons. The molecule has 0 amide bonds. The second-order valence-electron chi connectivity index (χ2n) is 1.52. The molecule has 2 nitrogen and oxygen atoms in total. The highest BCUT2D eigenvalue weighted by Crippen LogP contribution is 2.26. The first kappa shape index (κ1) is 6.41. The first-order chi connectivity index (χ1) is 4.11. The molecular formula is C4H4F3NO. The summed E-state index contributed by atoms with van der Waals surface area (Å²) < 4.78 is 34.6. The molecule has 0 aromatic carbocycles. The Morgan fingerprint density at radius 1 is 1.56 bits per heavy atom. The summed E-state index contributed by atoms with van der Waals surface area (Å²) in [5, 5.41) is 0. The molecule has 0 atom stereocenters. The normalized spacial score (nSPS) is 19.2. The van der Waals surface area contributed by atoms with E-state index in [9.17, 15) is 13.2 Å². The number of hydrogen-bond donors (Lipinski definition) is 1. The second-order valence-corrected chi connectivity index (χ2v) is 1.52. The summed E-state index contributed by atoms with van der Waals surface area (Å²) in [4.78, 5) is 4.00. The quantitative estimate of drug-likeness (QED) is 0.539. The van der Waals surface area contributed by atoms with Crippen LogP contribution in [0.1, 0.15) is 0 Å². The Morgan fingerprint density at radius 3 is 2.44 bits per heavy atom. The van der Waals surface area contributed by atoms with E-state index in [1.54, 1.807) is 0 Å². The lowest BCUT2D eigenvalue weighted by molar-refractivity contribution is -0.136. The molecule has 0 saturated heterocycles. The van der Waals surface area contributed by atoms with Crippen LogP contribution in [0.15, 0.2) is 11.8 Å². The summed E-state index contributed by atoms with van der Waals surface area (Å²) in [6.45, 7) is 0.120. The lowest BCUT2D eigenvalue weighted by atomic mass is 10.4. The highest BCUT2D eigenvalue weighted by molar-refractivity contribution is 5.03. The van der Waals surface area contributed by atoms with Crippen molar-refractivity contribution in [2.24, 2.45) is 0 Å². The summed E-state index contributed by atoms with van der Waals surface area (Å²) >= 11 is 0. The van der Waals surface area contributed by atoms with Gasteiger partial charge in [-0.1, -0.05) is 0 Å². The van der Waals surface area contributed by atoms with Crippen LogP contribution in [0.4, 0.5) is 13.2 Å². The molecule has 9 heavy (non-hydrogen) atoms. The van der Waals surface area contributed by atoms with Gasteiger partial charge in [0.05, 0.1) is 6.54 Å². The molecule has 0 aromatic heterocycles. The molecule has 1 aliphatic rings. The van der Waals surface area contributed by atoms with E-state index in [-0.39, 0.29) is 6.54 Å². The van der Waals surface area contributed by atoms with Gasteiger partial charge in [-0.25, -0.2) is 0 Å². The van der Waals surface area contributed by atoms with Gasteiger partial charge in [0.1, 0.15) is 0 Å². The zero-order valence-corrected chi connectivity index (χ0v) is 4.33. The van der Waals surface area contributed by atoms with Crippen molar-refractivity contribution in [2.75, 3.05) is 6.54 Å². The molecule has 0 bridgehead atoms. The first-order valence-electron chi connectivity index (χ1n) is 2.28. The first-order valence-corrected chi connectivity index (χ1v) is 2.28. The van der Waals surface area contributed by atoms with Crippen LogP contribution in [0.2, 0.25) is 0 Å². The van der Waals surface area contributed by atoms with Gasteiger partial charge < -0.3 is 4.84 Å². The average molecular weight is 139 g/mol. The number of rotatable bonds is 0. The third kappa shape index (κ3) is 1.35. The van der Waals surface area contributed by atoms with Crippen LogP contribution in [-0.4, -0.2) is 12.7 Å². The highest BCUT2D eigenvalue weighted by atomic mass is 19.4. The van der Waals surface area contributed by atoms with Gasteiger partial charge in [-0.15, -0.1) is 0 Å². The van der Waals surface area contributed by atoms with Crippen LogP contribution in [0.5, 0.6) is 0 Å². The Balaban J connectivity index is 2.61. The van der Waals surface area contributed by atoms with Crippen molar-refractivity contribution in [3.8, 4) is 0 Å². The summed E-state index contributed by atoms with van der Waals surface area (Å²) in [5.41, 5.74) is 2.07. The van der Waals surface area contributed by atoms with Crippen molar-refractivity contribution in [1.29, 1.82) is 0 Å². The predicted molar refractivity (Wildman–Crippen MR) is 23.2 cm³/mol. The fourth-order valence-corrected chi connectivity index (χ4v) is 0.469. The Bertz CT molecular complexity index is 139. The third-order valence-corrected chi connectivity index (χ3v) is 0.832. The molecule has 0 unspecified atom stereocenters. The van der Waals surface area contributed by atoms with E-state index in [4.69, 9.17) is 0 Å². The van der Waals surface area contributed by atoms with Gasteiger partial charge in [0.25, 0.3) is 0 Å². The number of hydrogen-bond acceptors (Lipinski definition) is 2. The van der Waals surface area contributed by atoms with E-state index in [0.717, 1.165) is 6.08 Å². The topological polar surface area (TPSA) is 21.3 Å². The highest BCUT2D eigenvalue weighted by Gasteiger charge is 2.37. The molecular weight excluding hydrogens is 135 g/mol. The van der Waals surface area contributed by atoms with Crippen molar-refractivity contribution in [1.82, 2.24) is 5.48 Å². The van der Waals surface area contributed by atoms with E-state index in [1.165, 1.54) is 0 Å². The SMILES string of the molecule is FC(F)(F)C1=CCNO1. The van der Waals surface area contributed by atoms with E-state index in [1.807, 2.05) is 0 Å². The van der Waals surface area contributed by atoms with Gasteiger partial charge >= 0.3 is 6.18 Å². The van der Waals surface area contributed by atoms with Crippen LogP contribution < -0.4 is 5.48 Å². The minimum absolute atomic E-state index is 0.120. The van der Waals surface area contributed by atoms with E-state index in [0.29, 0.717) is 0 Å². The maximum Gasteiger partial charge on any atom is 0.451 e. The molecule has 52 valence electrons. The summed E-state index contributed by atoms with van der Waals surface area (Å²) in [7, 11) is 0. The summed E-state index contributed by atoms with van der Waals surface area (Å²) in [6.07, 6.45) is -3.40. The minimum atomic E-state index is -4.34. The molecule has 0 saturated carbocycles. The van der Waals surface area contributed by atoms with Gasteiger partial charge in [0.2, 0.25) is 5.76 Å².